The smallest absolute Gasteiger partial charge is 0.326 e. The van der Waals surface area contributed by atoms with Crippen LogP contribution in [0.5, 0.6) is 0 Å². The number of aliphatic carboxylic acids is 1. The Labute approximate surface area is 149 Å². The van der Waals surface area contributed by atoms with E-state index < -0.39 is 17.9 Å². The zero-order chi connectivity index (χ0) is 18.4. The molecule has 130 valence electrons. The highest BCUT2D eigenvalue weighted by molar-refractivity contribution is 6.29. The predicted molar refractivity (Wildman–Crippen MR) is 92.6 cm³/mol. The molecule has 2 aromatic rings. The molecule has 1 aromatic carbocycles. The van der Waals surface area contributed by atoms with Crippen molar-refractivity contribution < 1.29 is 19.5 Å². The third-order valence-corrected chi connectivity index (χ3v) is 3.50. The first-order valence-corrected chi connectivity index (χ1v) is 7.74. The molecule has 0 saturated heterocycles. The van der Waals surface area contributed by atoms with Gasteiger partial charge in [-0.3, -0.25) is 9.59 Å². The Morgan fingerprint density at radius 2 is 2.00 bits per heavy atom. The molecular formula is C17H16ClN3O4. The van der Waals surface area contributed by atoms with Crippen LogP contribution in [0.2, 0.25) is 5.15 Å². The minimum absolute atomic E-state index is 0.0661. The zero-order valence-corrected chi connectivity index (χ0v) is 14.1. The van der Waals surface area contributed by atoms with Gasteiger partial charge in [0.1, 0.15) is 11.2 Å². The van der Waals surface area contributed by atoms with E-state index in [4.69, 9.17) is 11.6 Å². The summed E-state index contributed by atoms with van der Waals surface area (Å²) in [4.78, 5) is 38.7. The number of carbonyl (C=O) groups is 3. The first-order chi connectivity index (χ1) is 11.8. The van der Waals surface area contributed by atoms with Gasteiger partial charge in [0.25, 0.3) is 5.91 Å². The monoisotopic (exact) mass is 361 g/mol. The maximum Gasteiger partial charge on any atom is 0.326 e. The van der Waals surface area contributed by atoms with E-state index in [1.807, 2.05) is 0 Å². The summed E-state index contributed by atoms with van der Waals surface area (Å²) >= 11 is 5.70. The fraction of sp³-hybridized carbons (Fsp3) is 0.176. The van der Waals surface area contributed by atoms with Gasteiger partial charge < -0.3 is 15.7 Å². The molecule has 25 heavy (non-hydrogen) atoms. The molecule has 2 amide bonds. The van der Waals surface area contributed by atoms with Crippen LogP contribution in [0.25, 0.3) is 0 Å². The molecule has 0 aliphatic carbocycles. The number of hydrogen-bond donors (Lipinski definition) is 3. The number of carboxylic acids is 1. The standard InChI is InChI=1S/C17H16ClN3O4/c1-10(22)20-13-4-2-3-12(8-13)16(23)21-14(17(24)25)7-11-5-6-15(18)19-9-11/h2-6,8-9,14H,7H2,1H3,(H,20,22)(H,21,23)(H,24,25)/t14-/m1/s1. The Balaban J connectivity index is 2.11. The third-order valence-electron chi connectivity index (χ3n) is 3.28. The molecule has 1 atom stereocenters. The molecule has 0 aliphatic heterocycles. The van der Waals surface area contributed by atoms with Crippen LogP contribution in [0.15, 0.2) is 42.6 Å². The van der Waals surface area contributed by atoms with Crippen LogP contribution in [-0.2, 0) is 16.0 Å². The van der Waals surface area contributed by atoms with Crippen molar-refractivity contribution in [1.82, 2.24) is 10.3 Å². The first-order valence-electron chi connectivity index (χ1n) is 7.37. The molecule has 0 radical (unpaired) electrons. The van der Waals surface area contributed by atoms with E-state index in [1.165, 1.54) is 25.3 Å². The maximum absolute atomic E-state index is 12.3. The normalized spacial score (nSPS) is 11.4. The average molecular weight is 362 g/mol. The lowest BCUT2D eigenvalue weighted by atomic mass is 10.1. The molecule has 7 nitrogen and oxygen atoms in total. The molecule has 0 bridgehead atoms. The number of hydrogen-bond acceptors (Lipinski definition) is 4. The van der Waals surface area contributed by atoms with Crippen molar-refractivity contribution in [3.05, 3.63) is 58.9 Å². The Morgan fingerprint density at radius 1 is 1.24 bits per heavy atom. The van der Waals surface area contributed by atoms with Gasteiger partial charge in [0.15, 0.2) is 0 Å². The second kappa shape index (κ2) is 8.25. The van der Waals surface area contributed by atoms with Gasteiger partial charge in [0.2, 0.25) is 5.91 Å². The molecule has 3 N–H and O–H groups in total. The maximum atomic E-state index is 12.3. The minimum Gasteiger partial charge on any atom is -0.480 e. The second-order valence-electron chi connectivity index (χ2n) is 5.32. The van der Waals surface area contributed by atoms with Gasteiger partial charge in [-0.25, -0.2) is 9.78 Å². The lowest BCUT2D eigenvalue weighted by Gasteiger charge is -2.15. The van der Waals surface area contributed by atoms with Gasteiger partial charge in [-0.15, -0.1) is 0 Å². The first kappa shape index (κ1) is 18.4. The second-order valence-corrected chi connectivity index (χ2v) is 5.71. The number of nitrogens with one attached hydrogen (secondary N) is 2. The summed E-state index contributed by atoms with van der Waals surface area (Å²) in [5.41, 5.74) is 1.32. The van der Waals surface area contributed by atoms with Gasteiger partial charge in [-0.1, -0.05) is 23.7 Å². The van der Waals surface area contributed by atoms with E-state index in [0.717, 1.165) is 0 Å². The summed E-state index contributed by atoms with van der Waals surface area (Å²) in [6, 6.07) is 8.30. The molecule has 1 heterocycles. The van der Waals surface area contributed by atoms with Gasteiger partial charge in [-0.2, -0.15) is 0 Å². The van der Waals surface area contributed by atoms with Crippen molar-refractivity contribution in [3.8, 4) is 0 Å². The Bertz CT molecular complexity index is 793. The van der Waals surface area contributed by atoms with E-state index >= 15 is 0 Å². The largest absolute Gasteiger partial charge is 0.480 e. The summed E-state index contributed by atoms with van der Waals surface area (Å²) in [5, 5.41) is 14.7. The number of aromatic nitrogens is 1. The fourth-order valence-corrected chi connectivity index (χ4v) is 2.26. The van der Waals surface area contributed by atoms with Crippen molar-refractivity contribution >= 4 is 35.1 Å². The highest BCUT2D eigenvalue weighted by atomic mass is 35.5. The molecule has 2 rings (SSSR count). The molecule has 1 aromatic heterocycles. The van der Waals surface area contributed by atoms with Crippen LogP contribution in [0.1, 0.15) is 22.8 Å². The van der Waals surface area contributed by atoms with Crippen LogP contribution < -0.4 is 10.6 Å². The topological polar surface area (TPSA) is 108 Å². The molecular weight excluding hydrogens is 346 g/mol. The minimum atomic E-state index is -1.17. The quantitative estimate of drug-likeness (QED) is 0.683. The SMILES string of the molecule is CC(=O)Nc1cccc(C(=O)N[C@H](Cc2ccc(Cl)nc2)C(=O)O)c1. The highest BCUT2D eigenvalue weighted by Gasteiger charge is 2.21. The van der Waals surface area contributed by atoms with Crippen LogP contribution in [0, 0.1) is 0 Å². The summed E-state index contributed by atoms with van der Waals surface area (Å²) in [7, 11) is 0. The summed E-state index contributed by atoms with van der Waals surface area (Å²) < 4.78 is 0. The van der Waals surface area contributed by atoms with Crippen molar-refractivity contribution in [2.75, 3.05) is 5.32 Å². The summed E-state index contributed by atoms with van der Waals surface area (Å²) in [6.07, 6.45) is 1.53. The lowest BCUT2D eigenvalue weighted by Crippen LogP contribution is -2.42. The highest BCUT2D eigenvalue weighted by Crippen LogP contribution is 2.12. The van der Waals surface area contributed by atoms with E-state index in [1.54, 1.807) is 24.3 Å². The van der Waals surface area contributed by atoms with Crippen molar-refractivity contribution in [1.29, 1.82) is 0 Å². The number of nitrogens with zero attached hydrogens (tertiary/aromatic N) is 1. The fourth-order valence-electron chi connectivity index (χ4n) is 2.15. The number of carbonyl (C=O) groups excluding carboxylic acids is 2. The van der Waals surface area contributed by atoms with Gasteiger partial charge in [-0.05, 0) is 29.8 Å². The number of amides is 2. The third kappa shape index (κ3) is 5.58. The van der Waals surface area contributed by atoms with E-state index in [-0.39, 0.29) is 17.9 Å². The van der Waals surface area contributed by atoms with Gasteiger partial charge in [0, 0.05) is 30.8 Å². The molecule has 0 aliphatic rings. The number of rotatable bonds is 6. The molecule has 0 fully saturated rings. The molecule has 0 saturated carbocycles. The number of halogens is 1. The number of benzene rings is 1. The van der Waals surface area contributed by atoms with Crippen molar-refractivity contribution in [2.45, 2.75) is 19.4 Å². The lowest BCUT2D eigenvalue weighted by molar-refractivity contribution is -0.139. The number of pyridine rings is 1. The van der Waals surface area contributed by atoms with E-state index in [0.29, 0.717) is 16.4 Å². The average Bonchev–Trinajstić information content (AvgIpc) is 2.55. The van der Waals surface area contributed by atoms with E-state index in [2.05, 4.69) is 15.6 Å². The van der Waals surface area contributed by atoms with Crippen LogP contribution in [0.3, 0.4) is 0 Å². The van der Waals surface area contributed by atoms with Crippen LogP contribution in [0.4, 0.5) is 5.69 Å². The zero-order valence-electron chi connectivity index (χ0n) is 13.3. The summed E-state index contributed by atoms with van der Waals surface area (Å²) in [6.45, 7) is 1.35. The number of carboxylic acid groups (broad SMARTS) is 1. The van der Waals surface area contributed by atoms with Crippen LogP contribution >= 0.6 is 11.6 Å². The Morgan fingerprint density at radius 3 is 2.60 bits per heavy atom. The van der Waals surface area contributed by atoms with Crippen molar-refractivity contribution in [2.24, 2.45) is 0 Å². The van der Waals surface area contributed by atoms with Gasteiger partial charge in [0.05, 0.1) is 0 Å². The predicted octanol–water partition coefficient (Wildman–Crippen LogP) is 2.12. The summed E-state index contributed by atoms with van der Waals surface area (Å²) in [5.74, 6) is -1.99. The number of anilines is 1. The van der Waals surface area contributed by atoms with E-state index in [9.17, 15) is 19.5 Å². The Hall–Kier alpha value is -2.93. The molecule has 0 spiro atoms. The van der Waals surface area contributed by atoms with Gasteiger partial charge >= 0.3 is 5.97 Å². The molecule has 8 heteroatoms. The van der Waals surface area contributed by atoms with Crippen molar-refractivity contribution in [3.63, 3.8) is 0 Å². The molecule has 0 unspecified atom stereocenters. The van der Waals surface area contributed by atoms with Crippen LogP contribution in [-0.4, -0.2) is 33.9 Å². The Kier molecular flexibility index (Phi) is 6.08.